The number of amides is 1. The van der Waals surface area contributed by atoms with Crippen LogP contribution >= 0.6 is 0 Å². The van der Waals surface area contributed by atoms with Crippen LogP contribution in [0, 0.1) is 0 Å². The molecule has 1 aromatic rings. The summed E-state index contributed by atoms with van der Waals surface area (Å²) in [5, 5.41) is 7.05. The quantitative estimate of drug-likeness (QED) is 0.875. The van der Waals surface area contributed by atoms with E-state index in [4.69, 9.17) is 4.74 Å². The fourth-order valence-electron chi connectivity index (χ4n) is 3.12. The fraction of sp³-hybridized carbons (Fsp3) is 0.562. The van der Waals surface area contributed by atoms with E-state index in [0.29, 0.717) is 25.2 Å². The molecule has 21 heavy (non-hydrogen) atoms. The Bertz CT molecular complexity index is 500. The van der Waals surface area contributed by atoms with Crippen molar-refractivity contribution < 1.29 is 9.53 Å². The lowest BCUT2D eigenvalue weighted by atomic mass is 10.1. The highest BCUT2D eigenvalue weighted by Crippen LogP contribution is 2.23. The monoisotopic (exact) mass is 289 g/mol. The first-order valence-electron chi connectivity index (χ1n) is 7.76. The summed E-state index contributed by atoms with van der Waals surface area (Å²) < 4.78 is 4.99. The Morgan fingerprint density at radius 2 is 2.43 bits per heavy atom. The van der Waals surface area contributed by atoms with Crippen molar-refractivity contribution in [1.82, 2.24) is 5.32 Å². The number of nitrogens with zero attached hydrogens (tertiary/aromatic N) is 1. The largest absolute Gasteiger partial charge is 0.447 e. The van der Waals surface area contributed by atoms with Crippen LogP contribution in [0.25, 0.3) is 0 Å². The highest BCUT2D eigenvalue weighted by atomic mass is 16.6. The average molecular weight is 289 g/mol. The van der Waals surface area contributed by atoms with Crippen LogP contribution in [0.3, 0.4) is 0 Å². The van der Waals surface area contributed by atoms with Crippen LogP contribution in [0.4, 0.5) is 16.2 Å². The predicted octanol–water partition coefficient (Wildman–Crippen LogP) is 2.59. The van der Waals surface area contributed by atoms with E-state index in [1.54, 1.807) is 4.90 Å². The number of rotatable bonds is 5. The number of carbonyl (C=O) groups excluding carboxylic acids is 1. The highest BCUT2D eigenvalue weighted by Gasteiger charge is 2.23. The van der Waals surface area contributed by atoms with E-state index in [9.17, 15) is 4.79 Å². The van der Waals surface area contributed by atoms with Crippen molar-refractivity contribution in [3.63, 3.8) is 0 Å². The average Bonchev–Trinajstić information content (AvgIpc) is 3.10. The van der Waals surface area contributed by atoms with E-state index in [0.717, 1.165) is 24.3 Å². The van der Waals surface area contributed by atoms with Crippen LogP contribution in [0.1, 0.15) is 26.2 Å². The Morgan fingerprint density at radius 3 is 3.14 bits per heavy atom. The Hall–Kier alpha value is -1.75. The summed E-state index contributed by atoms with van der Waals surface area (Å²) >= 11 is 0. The number of nitrogens with one attached hydrogen (secondary N) is 2. The van der Waals surface area contributed by atoms with Crippen LogP contribution in [-0.2, 0) is 4.74 Å². The molecule has 2 N–H and O–H groups in total. The Balaban J connectivity index is 1.61. The van der Waals surface area contributed by atoms with E-state index >= 15 is 0 Å². The summed E-state index contributed by atoms with van der Waals surface area (Å²) in [6, 6.07) is 9.02. The standard InChI is InChI=1S/C16H23N3O2/c1-12(10-13-5-3-7-17-13)18-14-4-2-6-15(11-14)19-8-9-21-16(19)20/h2,4,6,11-13,17-18H,3,5,7-10H2,1H3. The first kappa shape index (κ1) is 14.2. The van der Waals surface area contributed by atoms with Gasteiger partial charge in [0.05, 0.1) is 6.54 Å². The second-order valence-corrected chi connectivity index (χ2v) is 5.89. The smallest absolute Gasteiger partial charge is 0.414 e. The minimum atomic E-state index is -0.254. The van der Waals surface area contributed by atoms with Crippen molar-refractivity contribution in [1.29, 1.82) is 0 Å². The number of benzene rings is 1. The van der Waals surface area contributed by atoms with E-state index in [2.05, 4.69) is 17.6 Å². The lowest BCUT2D eigenvalue weighted by Crippen LogP contribution is -2.29. The third-order valence-corrected chi connectivity index (χ3v) is 4.13. The van der Waals surface area contributed by atoms with Gasteiger partial charge in [-0.15, -0.1) is 0 Å². The Morgan fingerprint density at radius 1 is 1.52 bits per heavy atom. The zero-order chi connectivity index (χ0) is 14.7. The molecule has 0 radical (unpaired) electrons. The van der Waals surface area contributed by atoms with Gasteiger partial charge in [0.25, 0.3) is 0 Å². The molecule has 0 aliphatic carbocycles. The van der Waals surface area contributed by atoms with Gasteiger partial charge in [0, 0.05) is 23.5 Å². The molecule has 2 aliphatic heterocycles. The van der Waals surface area contributed by atoms with E-state index in [1.807, 2.05) is 24.3 Å². The van der Waals surface area contributed by atoms with Crippen molar-refractivity contribution >= 4 is 17.5 Å². The third kappa shape index (κ3) is 3.47. The molecule has 114 valence electrons. The van der Waals surface area contributed by atoms with Gasteiger partial charge in [0.15, 0.2) is 0 Å². The molecule has 1 amide bonds. The molecule has 5 heteroatoms. The van der Waals surface area contributed by atoms with Crippen molar-refractivity contribution in [3.05, 3.63) is 24.3 Å². The van der Waals surface area contributed by atoms with Crippen LogP contribution in [0.2, 0.25) is 0 Å². The van der Waals surface area contributed by atoms with Gasteiger partial charge in [-0.2, -0.15) is 0 Å². The molecule has 0 saturated carbocycles. The zero-order valence-corrected chi connectivity index (χ0v) is 12.5. The molecule has 2 atom stereocenters. The number of cyclic esters (lactones) is 1. The molecule has 1 aromatic carbocycles. The molecule has 2 fully saturated rings. The molecule has 2 heterocycles. The van der Waals surface area contributed by atoms with E-state index in [-0.39, 0.29) is 6.09 Å². The van der Waals surface area contributed by atoms with Crippen LogP contribution in [0.5, 0.6) is 0 Å². The van der Waals surface area contributed by atoms with Crippen molar-refractivity contribution in [3.8, 4) is 0 Å². The number of hydrogen-bond donors (Lipinski definition) is 2. The third-order valence-electron chi connectivity index (χ3n) is 4.13. The van der Waals surface area contributed by atoms with E-state index < -0.39 is 0 Å². The second kappa shape index (κ2) is 6.35. The molecule has 2 unspecified atom stereocenters. The van der Waals surface area contributed by atoms with Gasteiger partial charge >= 0.3 is 6.09 Å². The van der Waals surface area contributed by atoms with Gasteiger partial charge in [-0.3, -0.25) is 4.90 Å². The molecule has 2 aliphatic rings. The van der Waals surface area contributed by atoms with Gasteiger partial charge in [0.1, 0.15) is 6.61 Å². The molecule has 3 rings (SSSR count). The highest BCUT2D eigenvalue weighted by molar-refractivity contribution is 5.89. The number of anilines is 2. The number of hydrogen-bond acceptors (Lipinski definition) is 4. The lowest BCUT2D eigenvalue weighted by molar-refractivity contribution is 0.181. The summed E-state index contributed by atoms with van der Waals surface area (Å²) in [5.74, 6) is 0. The fourth-order valence-corrected chi connectivity index (χ4v) is 3.12. The van der Waals surface area contributed by atoms with Crippen molar-refractivity contribution in [2.45, 2.75) is 38.3 Å². The summed E-state index contributed by atoms with van der Waals surface area (Å²) in [7, 11) is 0. The van der Waals surface area contributed by atoms with Gasteiger partial charge < -0.3 is 15.4 Å². The maximum Gasteiger partial charge on any atom is 0.414 e. The van der Waals surface area contributed by atoms with E-state index in [1.165, 1.54) is 12.8 Å². The Labute approximate surface area is 125 Å². The first-order valence-corrected chi connectivity index (χ1v) is 7.76. The predicted molar refractivity (Wildman–Crippen MR) is 83.9 cm³/mol. The normalized spacial score (nSPS) is 23.2. The second-order valence-electron chi connectivity index (χ2n) is 5.89. The van der Waals surface area contributed by atoms with Crippen LogP contribution in [-0.4, -0.2) is 37.9 Å². The molecule has 0 spiro atoms. The topological polar surface area (TPSA) is 53.6 Å². The van der Waals surface area contributed by atoms with Crippen LogP contribution < -0.4 is 15.5 Å². The molecule has 5 nitrogen and oxygen atoms in total. The minimum absolute atomic E-state index is 0.254. The molecule has 0 bridgehead atoms. The molecular formula is C16H23N3O2. The Kier molecular flexibility index (Phi) is 4.29. The molecular weight excluding hydrogens is 266 g/mol. The molecule has 0 aromatic heterocycles. The van der Waals surface area contributed by atoms with Gasteiger partial charge in [-0.05, 0) is 50.9 Å². The summed E-state index contributed by atoms with van der Waals surface area (Å²) in [6.07, 6.45) is 3.42. The maximum atomic E-state index is 11.6. The summed E-state index contributed by atoms with van der Waals surface area (Å²) in [4.78, 5) is 13.3. The number of carbonyl (C=O) groups is 1. The van der Waals surface area contributed by atoms with Crippen LogP contribution in [0.15, 0.2) is 24.3 Å². The first-order chi connectivity index (χ1) is 10.2. The van der Waals surface area contributed by atoms with Gasteiger partial charge in [0.2, 0.25) is 0 Å². The molecule has 2 saturated heterocycles. The van der Waals surface area contributed by atoms with Crippen molar-refractivity contribution in [2.75, 3.05) is 29.9 Å². The summed E-state index contributed by atoms with van der Waals surface area (Å²) in [5.41, 5.74) is 1.95. The SMILES string of the molecule is CC(CC1CCCN1)Nc1cccc(N2CCOC2=O)c1. The lowest BCUT2D eigenvalue weighted by Gasteiger charge is -2.20. The maximum absolute atomic E-state index is 11.6. The minimum Gasteiger partial charge on any atom is -0.447 e. The summed E-state index contributed by atoms with van der Waals surface area (Å²) in [6.45, 7) is 4.45. The zero-order valence-electron chi connectivity index (χ0n) is 12.5. The van der Waals surface area contributed by atoms with Gasteiger partial charge in [-0.1, -0.05) is 6.07 Å². The van der Waals surface area contributed by atoms with Gasteiger partial charge in [-0.25, -0.2) is 4.79 Å². The number of ether oxygens (including phenoxy) is 1. The van der Waals surface area contributed by atoms with Crippen molar-refractivity contribution in [2.24, 2.45) is 0 Å².